The van der Waals surface area contributed by atoms with Crippen molar-refractivity contribution < 1.29 is 4.74 Å². The van der Waals surface area contributed by atoms with E-state index in [9.17, 15) is 0 Å². The van der Waals surface area contributed by atoms with E-state index >= 15 is 0 Å². The van der Waals surface area contributed by atoms with Crippen molar-refractivity contribution in [2.45, 2.75) is 53.4 Å². The quantitative estimate of drug-likeness (QED) is 0.799. The second kappa shape index (κ2) is 6.40. The van der Waals surface area contributed by atoms with Crippen LogP contribution in [0.4, 0.5) is 0 Å². The molecule has 0 aliphatic rings. The van der Waals surface area contributed by atoms with E-state index in [1.165, 1.54) is 0 Å². The molecule has 0 aliphatic heterocycles. The summed E-state index contributed by atoms with van der Waals surface area (Å²) < 4.78 is 8.81. The van der Waals surface area contributed by atoms with E-state index in [0.717, 1.165) is 23.1 Å². The van der Waals surface area contributed by atoms with Crippen LogP contribution in [0.3, 0.4) is 0 Å². The van der Waals surface area contributed by atoms with Gasteiger partial charge in [-0.1, -0.05) is 20.8 Å². The molecule has 1 heterocycles. The number of hydrogen-bond acceptors (Lipinski definition) is 2. The largest absolute Gasteiger partial charge is 0.372 e. The maximum Gasteiger partial charge on any atom is 0.0899 e. The van der Waals surface area contributed by atoms with Crippen LogP contribution < -0.4 is 0 Å². The number of halogens is 1. The van der Waals surface area contributed by atoms with E-state index in [1.807, 2.05) is 10.9 Å². The Kier molecular flexibility index (Phi) is 5.49. The zero-order valence-corrected chi connectivity index (χ0v) is 12.1. The van der Waals surface area contributed by atoms with Gasteiger partial charge in [0.15, 0.2) is 0 Å². The highest BCUT2D eigenvalue weighted by Crippen LogP contribution is 2.19. The monoisotopic (exact) mass is 288 g/mol. The van der Waals surface area contributed by atoms with Crippen LogP contribution in [-0.2, 0) is 17.9 Å². The van der Waals surface area contributed by atoms with Gasteiger partial charge in [0.05, 0.1) is 29.1 Å². The van der Waals surface area contributed by atoms with Gasteiger partial charge in [0, 0.05) is 6.54 Å². The van der Waals surface area contributed by atoms with Crippen molar-refractivity contribution in [2.75, 3.05) is 0 Å². The Morgan fingerprint density at radius 1 is 1.44 bits per heavy atom. The van der Waals surface area contributed by atoms with Crippen molar-refractivity contribution in [3.05, 3.63) is 16.4 Å². The minimum Gasteiger partial charge on any atom is -0.372 e. The smallest absolute Gasteiger partial charge is 0.0899 e. The molecule has 0 aliphatic carbocycles. The van der Waals surface area contributed by atoms with Crippen LogP contribution in [0.25, 0.3) is 0 Å². The Bertz CT molecular complexity index is 323. The normalized spacial score (nSPS) is 13.4. The first-order valence-corrected chi connectivity index (χ1v) is 6.65. The first-order valence-electron chi connectivity index (χ1n) is 5.86. The zero-order valence-electron chi connectivity index (χ0n) is 10.5. The average Bonchev–Trinajstić information content (AvgIpc) is 2.56. The van der Waals surface area contributed by atoms with Gasteiger partial charge in [-0.3, -0.25) is 4.68 Å². The first kappa shape index (κ1) is 13.7. The summed E-state index contributed by atoms with van der Waals surface area (Å²) in [6.07, 6.45) is 3.18. The summed E-state index contributed by atoms with van der Waals surface area (Å²) in [6, 6.07) is 0. The third-order valence-corrected chi connectivity index (χ3v) is 3.18. The minimum atomic E-state index is 0.300. The Morgan fingerprint density at radius 2 is 2.12 bits per heavy atom. The summed E-state index contributed by atoms with van der Waals surface area (Å²) in [6.45, 7) is 10.2. The number of nitrogens with zero attached hydrogens (tertiary/aromatic N) is 2. The van der Waals surface area contributed by atoms with Crippen molar-refractivity contribution in [3.8, 4) is 0 Å². The molecule has 1 aromatic rings. The highest BCUT2D eigenvalue weighted by molar-refractivity contribution is 9.10. The highest BCUT2D eigenvalue weighted by atomic mass is 79.9. The van der Waals surface area contributed by atoms with E-state index in [2.05, 4.69) is 48.7 Å². The predicted octanol–water partition coefficient (Wildman–Crippen LogP) is 3.62. The number of ether oxygens (including phenoxy) is 1. The lowest BCUT2D eigenvalue weighted by Crippen LogP contribution is -2.13. The van der Waals surface area contributed by atoms with Crippen molar-refractivity contribution in [2.24, 2.45) is 5.92 Å². The summed E-state index contributed by atoms with van der Waals surface area (Å²) in [4.78, 5) is 0. The molecule has 16 heavy (non-hydrogen) atoms. The van der Waals surface area contributed by atoms with Gasteiger partial charge < -0.3 is 4.74 Å². The predicted molar refractivity (Wildman–Crippen MR) is 69.3 cm³/mol. The summed E-state index contributed by atoms with van der Waals surface area (Å²) in [7, 11) is 0. The van der Waals surface area contributed by atoms with Crippen molar-refractivity contribution in [1.29, 1.82) is 0 Å². The van der Waals surface area contributed by atoms with Crippen molar-refractivity contribution in [3.63, 3.8) is 0 Å². The summed E-state index contributed by atoms with van der Waals surface area (Å²) >= 11 is 3.52. The topological polar surface area (TPSA) is 27.1 Å². The van der Waals surface area contributed by atoms with E-state index in [0.29, 0.717) is 18.6 Å². The van der Waals surface area contributed by atoms with Crippen LogP contribution in [0.5, 0.6) is 0 Å². The molecule has 1 unspecified atom stereocenters. The van der Waals surface area contributed by atoms with E-state index in [4.69, 9.17) is 4.74 Å². The molecule has 0 saturated carbocycles. The second-order valence-electron chi connectivity index (χ2n) is 4.55. The lowest BCUT2D eigenvalue weighted by atomic mass is 10.2. The Hall–Kier alpha value is -0.350. The molecule has 0 spiro atoms. The van der Waals surface area contributed by atoms with Crippen LogP contribution in [-0.4, -0.2) is 15.9 Å². The molecule has 0 bridgehead atoms. The van der Waals surface area contributed by atoms with Gasteiger partial charge in [0.25, 0.3) is 0 Å². The van der Waals surface area contributed by atoms with Crippen LogP contribution in [0, 0.1) is 5.92 Å². The van der Waals surface area contributed by atoms with Gasteiger partial charge in [-0.15, -0.1) is 0 Å². The summed E-state index contributed by atoms with van der Waals surface area (Å²) in [5, 5.41) is 4.35. The van der Waals surface area contributed by atoms with Gasteiger partial charge in [0.2, 0.25) is 0 Å². The molecular formula is C12H21BrN2O. The third kappa shape index (κ3) is 3.91. The molecule has 0 radical (unpaired) electrons. The molecule has 0 aromatic carbocycles. The van der Waals surface area contributed by atoms with Gasteiger partial charge in [-0.25, -0.2) is 0 Å². The molecule has 0 saturated heterocycles. The molecule has 0 N–H and O–H groups in total. The molecule has 4 heteroatoms. The molecular weight excluding hydrogens is 268 g/mol. The average molecular weight is 289 g/mol. The number of hydrogen-bond donors (Lipinski definition) is 0. The maximum atomic E-state index is 5.75. The molecule has 0 amide bonds. The first-order chi connectivity index (χ1) is 7.54. The van der Waals surface area contributed by atoms with Crippen LogP contribution in [0.1, 0.15) is 39.8 Å². The molecule has 92 valence electrons. The Balaban J connectivity index is 2.66. The number of aromatic nitrogens is 2. The molecule has 1 rings (SSSR count). The fourth-order valence-electron chi connectivity index (χ4n) is 1.37. The van der Waals surface area contributed by atoms with Gasteiger partial charge in [-0.05, 0) is 35.2 Å². The van der Waals surface area contributed by atoms with Crippen LogP contribution >= 0.6 is 15.9 Å². The van der Waals surface area contributed by atoms with Gasteiger partial charge >= 0.3 is 0 Å². The third-order valence-electron chi connectivity index (χ3n) is 2.52. The van der Waals surface area contributed by atoms with Crippen LogP contribution in [0.15, 0.2) is 10.7 Å². The van der Waals surface area contributed by atoms with Crippen molar-refractivity contribution in [1.82, 2.24) is 9.78 Å². The second-order valence-corrected chi connectivity index (χ2v) is 5.40. The standard InChI is InChI=1S/C12H21BrN2O/c1-5-10(4)16-8-12-11(13)6-14-15(12)7-9(2)3/h6,9-10H,5,7-8H2,1-4H3. The van der Waals surface area contributed by atoms with Gasteiger partial charge in [-0.2, -0.15) is 5.10 Å². The lowest BCUT2D eigenvalue weighted by molar-refractivity contribution is 0.0460. The zero-order chi connectivity index (χ0) is 12.1. The fourth-order valence-corrected chi connectivity index (χ4v) is 1.78. The van der Waals surface area contributed by atoms with E-state index < -0.39 is 0 Å². The molecule has 0 fully saturated rings. The fraction of sp³-hybridized carbons (Fsp3) is 0.750. The number of rotatable bonds is 6. The SMILES string of the molecule is CCC(C)OCc1c(Br)cnn1CC(C)C. The van der Waals surface area contributed by atoms with Crippen molar-refractivity contribution >= 4 is 15.9 Å². The highest BCUT2D eigenvalue weighted by Gasteiger charge is 2.11. The minimum absolute atomic E-state index is 0.300. The Labute approximate surface area is 106 Å². The maximum absolute atomic E-state index is 5.75. The van der Waals surface area contributed by atoms with E-state index in [1.54, 1.807) is 0 Å². The van der Waals surface area contributed by atoms with Gasteiger partial charge in [0.1, 0.15) is 0 Å². The molecule has 1 aromatic heterocycles. The Morgan fingerprint density at radius 3 is 2.69 bits per heavy atom. The summed E-state index contributed by atoms with van der Waals surface area (Å²) in [5.41, 5.74) is 1.13. The molecule has 3 nitrogen and oxygen atoms in total. The molecule has 1 atom stereocenters. The lowest BCUT2D eigenvalue weighted by Gasteiger charge is -2.13. The van der Waals surface area contributed by atoms with Crippen LogP contribution in [0.2, 0.25) is 0 Å². The summed E-state index contributed by atoms with van der Waals surface area (Å²) in [5.74, 6) is 0.592. The van der Waals surface area contributed by atoms with E-state index in [-0.39, 0.29) is 0 Å².